The van der Waals surface area contributed by atoms with Crippen LogP contribution < -0.4 is 15.8 Å². The smallest absolute Gasteiger partial charge is 0.234 e. The molecule has 0 bridgehead atoms. The van der Waals surface area contributed by atoms with Gasteiger partial charge in [0.15, 0.2) is 0 Å². The number of rotatable bonds is 5. The highest BCUT2D eigenvalue weighted by molar-refractivity contribution is 5.80. The Labute approximate surface area is 141 Å². The number of ether oxygens (including phenoxy) is 1. The molecule has 0 aromatic heterocycles. The highest BCUT2D eigenvalue weighted by atomic mass is 16.5. The fourth-order valence-electron chi connectivity index (χ4n) is 2.92. The minimum atomic E-state index is -0.294. The van der Waals surface area contributed by atoms with Gasteiger partial charge in [-0.25, -0.2) is 0 Å². The molecule has 1 fully saturated rings. The molecule has 1 heterocycles. The van der Waals surface area contributed by atoms with Crippen LogP contribution >= 0.6 is 0 Å². The van der Waals surface area contributed by atoms with Gasteiger partial charge < -0.3 is 10.5 Å². The number of carbonyl (C=O) groups is 1. The summed E-state index contributed by atoms with van der Waals surface area (Å²) in [5.41, 5.74) is 8.04. The Bertz CT molecular complexity index is 765. The van der Waals surface area contributed by atoms with E-state index in [1.54, 1.807) is 6.07 Å². The van der Waals surface area contributed by atoms with E-state index in [2.05, 4.69) is 11.4 Å². The number of hydrogen-bond acceptors (Lipinski definition) is 4. The highest BCUT2D eigenvalue weighted by Crippen LogP contribution is 2.27. The van der Waals surface area contributed by atoms with Crippen LogP contribution in [0.1, 0.15) is 35.6 Å². The number of nitrogens with one attached hydrogen (secondary N) is 1. The summed E-state index contributed by atoms with van der Waals surface area (Å²) >= 11 is 0. The first-order valence-corrected chi connectivity index (χ1v) is 7.93. The molecule has 1 aliphatic heterocycles. The maximum absolute atomic E-state index is 11.2. The lowest BCUT2D eigenvalue weighted by Gasteiger charge is -2.13. The Kier molecular flexibility index (Phi) is 4.78. The average molecular weight is 321 g/mol. The minimum absolute atomic E-state index is 0.156. The predicted octanol–water partition coefficient (Wildman–Crippen LogP) is 2.42. The fraction of sp³-hybridized carbons (Fsp3) is 0.263. The van der Waals surface area contributed by atoms with Gasteiger partial charge in [-0.1, -0.05) is 24.3 Å². The van der Waals surface area contributed by atoms with Crippen LogP contribution in [-0.2, 0) is 11.4 Å². The molecule has 2 aromatic rings. The van der Waals surface area contributed by atoms with Crippen molar-refractivity contribution in [3.63, 3.8) is 0 Å². The first-order chi connectivity index (χ1) is 11.7. The van der Waals surface area contributed by atoms with Crippen molar-refractivity contribution in [3.8, 4) is 11.8 Å². The molecule has 5 nitrogen and oxygen atoms in total. The number of carbonyl (C=O) groups excluding carboxylic acids is 1. The maximum Gasteiger partial charge on any atom is 0.234 e. The van der Waals surface area contributed by atoms with Gasteiger partial charge in [-0.3, -0.25) is 10.1 Å². The zero-order chi connectivity index (χ0) is 16.9. The lowest BCUT2D eigenvalue weighted by atomic mass is 10.1. The van der Waals surface area contributed by atoms with Crippen molar-refractivity contribution in [1.29, 1.82) is 5.26 Å². The third kappa shape index (κ3) is 3.73. The van der Waals surface area contributed by atoms with Crippen LogP contribution in [-0.4, -0.2) is 11.9 Å². The monoisotopic (exact) mass is 321 g/mol. The van der Waals surface area contributed by atoms with E-state index in [0.29, 0.717) is 12.2 Å². The van der Waals surface area contributed by atoms with E-state index in [-0.39, 0.29) is 18.0 Å². The summed E-state index contributed by atoms with van der Waals surface area (Å²) in [4.78, 5) is 11.2. The fourth-order valence-corrected chi connectivity index (χ4v) is 2.92. The molecule has 3 rings (SSSR count). The maximum atomic E-state index is 11.2. The van der Waals surface area contributed by atoms with E-state index in [1.165, 1.54) is 0 Å². The van der Waals surface area contributed by atoms with E-state index < -0.39 is 0 Å². The van der Waals surface area contributed by atoms with Gasteiger partial charge in [0.25, 0.3) is 0 Å². The van der Waals surface area contributed by atoms with Crippen LogP contribution in [0.25, 0.3) is 0 Å². The van der Waals surface area contributed by atoms with Crippen LogP contribution in [0.15, 0.2) is 48.5 Å². The summed E-state index contributed by atoms with van der Waals surface area (Å²) < 4.78 is 5.76. The van der Waals surface area contributed by atoms with Gasteiger partial charge in [0.05, 0.1) is 17.7 Å². The molecule has 1 amide bonds. The Morgan fingerprint density at radius 2 is 2.04 bits per heavy atom. The Morgan fingerprint density at radius 1 is 1.25 bits per heavy atom. The van der Waals surface area contributed by atoms with Crippen LogP contribution in [0.3, 0.4) is 0 Å². The lowest BCUT2D eigenvalue weighted by Crippen LogP contribution is -2.37. The second-order valence-corrected chi connectivity index (χ2v) is 5.92. The minimum Gasteiger partial charge on any atom is -0.489 e. The predicted molar refractivity (Wildman–Crippen MR) is 90.0 cm³/mol. The molecule has 24 heavy (non-hydrogen) atoms. The SMILES string of the molecule is N#Cc1cccc(COc2ccc([C@H]3CC[C@@H](C(N)=O)N3)cc2)c1. The first kappa shape index (κ1) is 16.0. The number of primary amides is 1. The van der Waals surface area contributed by atoms with Crippen LogP contribution in [0.2, 0.25) is 0 Å². The van der Waals surface area contributed by atoms with Crippen molar-refractivity contribution in [2.75, 3.05) is 0 Å². The third-order valence-electron chi connectivity index (χ3n) is 4.23. The van der Waals surface area contributed by atoms with E-state index in [9.17, 15) is 4.79 Å². The van der Waals surface area contributed by atoms with Gasteiger partial charge in [0.2, 0.25) is 5.91 Å². The molecular formula is C19H19N3O2. The quantitative estimate of drug-likeness (QED) is 0.885. The van der Waals surface area contributed by atoms with E-state index in [0.717, 1.165) is 29.7 Å². The number of nitriles is 1. The number of hydrogen-bond donors (Lipinski definition) is 2. The number of nitrogens with zero attached hydrogens (tertiary/aromatic N) is 1. The van der Waals surface area contributed by atoms with Gasteiger partial charge in [-0.15, -0.1) is 0 Å². The zero-order valence-electron chi connectivity index (χ0n) is 13.2. The van der Waals surface area contributed by atoms with Crippen LogP contribution in [0.5, 0.6) is 5.75 Å². The Balaban J connectivity index is 1.59. The number of nitrogens with two attached hydrogens (primary N) is 1. The molecular weight excluding hydrogens is 302 g/mol. The highest BCUT2D eigenvalue weighted by Gasteiger charge is 2.28. The van der Waals surface area contributed by atoms with Crippen molar-refractivity contribution < 1.29 is 9.53 Å². The van der Waals surface area contributed by atoms with E-state index in [1.807, 2.05) is 42.5 Å². The molecule has 0 saturated carbocycles. The van der Waals surface area contributed by atoms with Gasteiger partial charge in [0, 0.05) is 6.04 Å². The molecule has 2 aromatic carbocycles. The summed E-state index contributed by atoms with van der Waals surface area (Å²) in [6.07, 6.45) is 1.67. The Hall–Kier alpha value is -2.84. The largest absolute Gasteiger partial charge is 0.489 e. The summed E-state index contributed by atoms with van der Waals surface area (Å²) in [6, 6.07) is 17.3. The second kappa shape index (κ2) is 7.16. The summed E-state index contributed by atoms with van der Waals surface area (Å²) in [5, 5.41) is 12.2. The molecule has 1 aliphatic rings. The number of benzene rings is 2. The second-order valence-electron chi connectivity index (χ2n) is 5.92. The molecule has 1 saturated heterocycles. The third-order valence-corrected chi connectivity index (χ3v) is 4.23. The number of amides is 1. The molecule has 0 radical (unpaired) electrons. The normalized spacial score (nSPS) is 19.6. The van der Waals surface area contributed by atoms with Gasteiger partial charge in [0.1, 0.15) is 12.4 Å². The molecule has 2 atom stereocenters. The van der Waals surface area contributed by atoms with E-state index >= 15 is 0 Å². The molecule has 0 unspecified atom stereocenters. The van der Waals surface area contributed by atoms with Crippen molar-refractivity contribution >= 4 is 5.91 Å². The molecule has 122 valence electrons. The van der Waals surface area contributed by atoms with Gasteiger partial charge in [-0.2, -0.15) is 5.26 Å². The Morgan fingerprint density at radius 3 is 2.71 bits per heavy atom. The average Bonchev–Trinajstić information content (AvgIpc) is 3.11. The van der Waals surface area contributed by atoms with Crippen LogP contribution in [0.4, 0.5) is 0 Å². The standard InChI is InChI=1S/C19H19N3O2/c20-11-13-2-1-3-14(10-13)12-24-16-6-4-15(5-7-16)17-8-9-18(22-17)19(21)23/h1-7,10,17-18,22H,8-9,12H2,(H2,21,23)/t17-,18+/m1/s1. The molecule has 5 heteroatoms. The molecule has 3 N–H and O–H groups in total. The summed E-state index contributed by atoms with van der Waals surface area (Å²) in [5.74, 6) is 0.475. The summed E-state index contributed by atoms with van der Waals surface area (Å²) in [6.45, 7) is 0.417. The summed E-state index contributed by atoms with van der Waals surface area (Å²) in [7, 11) is 0. The van der Waals surface area contributed by atoms with Gasteiger partial charge >= 0.3 is 0 Å². The topological polar surface area (TPSA) is 88.1 Å². The van der Waals surface area contributed by atoms with Gasteiger partial charge in [-0.05, 0) is 48.2 Å². The van der Waals surface area contributed by atoms with Crippen molar-refractivity contribution in [3.05, 3.63) is 65.2 Å². The van der Waals surface area contributed by atoms with Crippen molar-refractivity contribution in [1.82, 2.24) is 5.32 Å². The van der Waals surface area contributed by atoms with Crippen LogP contribution in [0, 0.1) is 11.3 Å². The van der Waals surface area contributed by atoms with Crippen molar-refractivity contribution in [2.24, 2.45) is 5.73 Å². The molecule has 0 aliphatic carbocycles. The van der Waals surface area contributed by atoms with E-state index in [4.69, 9.17) is 15.7 Å². The molecule has 0 spiro atoms. The lowest BCUT2D eigenvalue weighted by molar-refractivity contribution is -0.119. The van der Waals surface area contributed by atoms with Crippen molar-refractivity contribution in [2.45, 2.75) is 31.5 Å². The first-order valence-electron chi connectivity index (χ1n) is 7.93. The zero-order valence-corrected chi connectivity index (χ0v) is 13.2.